The van der Waals surface area contributed by atoms with Gasteiger partial charge in [-0.1, -0.05) is 6.07 Å². The van der Waals surface area contributed by atoms with E-state index in [1.807, 2.05) is 6.07 Å². The Kier molecular flexibility index (Phi) is 5.77. The molecule has 0 unspecified atom stereocenters. The van der Waals surface area contributed by atoms with Gasteiger partial charge < -0.3 is 9.80 Å². The van der Waals surface area contributed by atoms with Gasteiger partial charge in [0.05, 0.1) is 23.1 Å². The monoisotopic (exact) mass is 390 g/mol. The number of carbonyl (C=O) groups is 2. The van der Waals surface area contributed by atoms with E-state index in [1.165, 1.54) is 29.2 Å². The third kappa shape index (κ3) is 4.46. The van der Waals surface area contributed by atoms with Crippen LogP contribution in [0.4, 0.5) is 0 Å². The number of benzene rings is 1. The zero-order valence-corrected chi connectivity index (χ0v) is 15.7. The zero-order valence-electron chi connectivity index (χ0n) is 14.9. The highest BCUT2D eigenvalue weighted by atomic mass is 32.2. The van der Waals surface area contributed by atoms with E-state index >= 15 is 0 Å². The predicted molar refractivity (Wildman–Crippen MR) is 96.9 cm³/mol. The standard InChI is InChI=1S/C18H22N4O4S/c19-12-14-5-3-6-15(11-14)27(25,26)20-16-7-4-10-22(18(16)24)13-17(23)21-8-1-2-9-21/h3,5-6,11,16,20H,1-2,4,7-10,13H2/t16-/m0/s1. The molecule has 8 nitrogen and oxygen atoms in total. The highest BCUT2D eigenvalue weighted by molar-refractivity contribution is 7.89. The Hall–Kier alpha value is -2.44. The van der Waals surface area contributed by atoms with Crippen LogP contribution in [0.15, 0.2) is 29.2 Å². The molecular formula is C18H22N4O4S. The molecule has 27 heavy (non-hydrogen) atoms. The van der Waals surface area contributed by atoms with Gasteiger partial charge in [-0.15, -0.1) is 0 Å². The molecule has 0 spiro atoms. The van der Waals surface area contributed by atoms with Crippen LogP contribution in [-0.2, 0) is 19.6 Å². The van der Waals surface area contributed by atoms with Crippen molar-refractivity contribution in [2.24, 2.45) is 0 Å². The summed E-state index contributed by atoms with van der Waals surface area (Å²) in [4.78, 5) is 28.1. The minimum Gasteiger partial charge on any atom is -0.341 e. The summed E-state index contributed by atoms with van der Waals surface area (Å²) in [6.45, 7) is 1.86. The molecule has 2 heterocycles. The molecule has 1 aromatic carbocycles. The molecule has 2 fully saturated rings. The van der Waals surface area contributed by atoms with Crippen LogP contribution in [0, 0.1) is 11.3 Å². The number of sulfonamides is 1. The number of piperidine rings is 1. The lowest BCUT2D eigenvalue weighted by molar-refractivity contribution is -0.142. The van der Waals surface area contributed by atoms with Crippen molar-refractivity contribution in [3.8, 4) is 6.07 Å². The largest absolute Gasteiger partial charge is 0.341 e. The molecule has 2 amide bonds. The smallest absolute Gasteiger partial charge is 0.242 e. The van der Waals surface area contributed by atoms with Gasteiger partial charge in [0.2, 0.25) is 21.8 Å². The number of hydrogen-bond acceptors (Lipinski definition) is 5. The second-order valence-electron chi connectivity index (χ2n) is 6.80. The van der Waals surface area contributed by atoms with E-state index in [0.717, 1.165) is 12.8 Å². The number of likely N-dealkylation sites (tertiary alicyclic amines) is 2. The van der Waals surface area contributed by atoms with E-state index in [4.69, 9.17) is 5.26 Å². The molecule has 2 saturated heterocycles. The first-order valence-corrected chi connectivity index (χ1v) is 10.5. The number of carbonyl (C=O) groups excluding carboxylic acids is 2. The molecule has 1 atom stereocenters. The van der Waals surface area contributed by atoms with Crippen molar-refractivity contribution in [2.75, 3.05) is 26.2 Å². The lowest BCUT2D eigenvalue weighted by atomic mass is 10.1. The van der Waals surface area contributed by atoms with Crippen molar-refractivity contribution in [2.45, 2.75) is 36.6 Å². The first-order valence-electron chi connectivity index (χ1n) is 9.00. The van der Waals surface area contributed by atoms with Gasteiger partial charge in [-0.05, 0) is 43.9 Å². The number of hydrogen-bond donors (Lipinski definition) is 1. The number of amides is 2. The van der Waals surface area contributed by atoms with Gasteiger partial charge in [-0.25, -0.2) is 8.42 Å². The number of nitrogens with zero attached hydrogens (tertiary/aromatic N) is 3. The van der Waals surface area contributed by atoms with Crippen LogP contribution >= 0.6 is 0 Å². The molecule has 1 aromatic rings. The summed E-state index contributed by atoms with van der Waals surface area (Å²) in [5, 5.41) is 8.94. The van der Waals surface area contributed by atoms with Crippen molar-refractivity contribution < 1.29 is 18.0 Å². The maximum atomic E-state index is 12.7. The summed E-state index contributed by atoms with van der Waals surface area (Å²) >= 11 is 0. The minimum atomic E-state index is -3.94. The van der Waals surface area contributed by atoms with Crippen molar-refractivity contribution in [3.05, 3.63) is 29.8 Å². The molecule has 0 radical (unpaired) electrons. The van der Waals surface area contributed by atoms with Crippen LogP contribution in [0.3, 0.4) is 0 Å². The van der Waals surface area contributed by atoms with E-state index in [0.29, 0.717) is 32.5 Å². The van der Waals surface area contributed by atoms with Crippen LogP contribution in [0.1, 0.15) is 31.2 Å². The Morgan fingerprint density at radius 3 is 2.67 bits per heavy atom. The molecule has 1 N–H and O–H groups in total. The maximum Gasteiger partial charge on any atom is 0.242 e. The third-order valence-corrected chi connectivity index (χ3v) is 6.36. The molecule has 0 aromatic heterocycles. The molecule has 0 aliphatic carbocycles. The van der Waals surface area contributed by atoms with Gasteiger partial charge in [0.1, 0.15) is 6.04 Å². The highest BCUT2D eigenvalue weighted by Crippen LogP contribution is 2.17. The maximum absolute atomic E-state index is 12.7. The second kappa shape index (κ2) is 8.06. The first kappa shape index (κ1) is 19.3. The van der Waals surface area contributed by atoms with Crippen molar-refractivity contribution in [1.82, 2.24) is 14.5 Å². The predicted octanol–water partition coefficient (Wildman–Crippen LogP) is 0.450. The van der Waals surface area contributed by atoms with Gasteiger partial charge in [-0.2, -0.15) is 9.98 Å². The SMILES string of the molecule is N#Cc1cccc(S(=O)(=O)N[C@H]2CCCN(CC(=O)N3CCCC3)C2=O)c1. The summed E-state index contributed by atoms with van der Waals surface area (Å²) < 4.78 is 27.6. The fourth-order valence-electron chi connectivity index (χ4n) is 3.42. The Balaban J connectivity index is 1.68. The Morgan fingerprint density at radius 2 is 1.96 bits per heavy atom. The topological polar surface area (TPSA) is 111 Å². The van der Waals surface area contributed by atoms with Crippen LogP contribution < -0.4 is 4.72 Å². The van der Waals surface area contributed by atoms with Crippen molar-refractivity contribution in [1.29, 1.82) is 5.26 Å². The lowest BCUT2D eigenvalue weighted by Gasteiger charge is -2.33. The lowest BCUT2D eigenvalue weighted by Crippen LogP contribution is -2.54. The van der Waals surface area contributed by atoms with Crippen LogP contribution in [-0.4, -0.2) is 62.3 Å². The van der Waals surface area contributed by atoms with Crippen LogP contribution in [0.2, 0.25) is 0 Å². The van der Waals surface area contributed by atoms with Crippen molar-refractivity contribution >= 4 is 21.8 Å². The van der Waals surface area contributed by atoms with Gasteiger partial charge >= 0.3 is 0 Å². The number of nitriles is 1. The Bertz CT molecular complexity index is 872. The van der Waals surface area contributed by atoms with Crippen molar-refractivity contribution in [3.63, 3.8) is 0 Å². The van der Waals surface area contributed by atoms with Gasteiger partial charge in [0.25, 0.3) is 0 Å². The summed E-state index contributed by atoms with van der Waals surface area (Å²) in [6.07, 6.45) is 2.95. The van der Waals surface area contributed by atoms with E-state index in [2.05, 4.69) is 4.72 Å². The van der Waals surface area contributed by atoms with E-state index in [1.54, 1.807) is 4.90 Å². The fourth-order valence-corrected chi connectivity index (χ4v) is 4.69. The summed E-state index contributed by atoms with van der Waals surface area (Å²) in [7, 11) is -3.94. The number of nitrogens with one attached hydrogen (secondary N) is 1. The van der Waals surface area contributed by atoms with E-state index in [9.17, 15) is 18.0 Å². The third-order valence-electron chi connectivity index (χ3n) is 4.89. The van der Waals surface area contributed by atoms with Gasteiger partial charge in [0, 0.05) is 19.6 Å². The Morgan fingerprint density at radius 1 is 1.22 bits per heavy atom. The van der Waals surface area contributed by atoms with E-state index < -0.39 is 16.1 Å². The minimum absolute atomic E-state index is 0.0129. The molecule has 0 saturated carbocycles. The molecule has 3 rings (SSSR count). The second-order valence-corrected chi connectivity index (χ2v) is 8.52. The molecule has 2 aliphatic rings. The summed E-state index contributed by atoms with van der Waals surface area (Å²) in [6, 6.07) is 6.64. The first-order chi connectivity index (χ1) is 12.9. The fraction of sp³-hybridized carbons (Fsp3) is 0.500. The number of rotatable bonds is 5. The molecular weight excluding hydrogens is 368 g/mol. The molecule has 9 heteroatoms. The summed E-state index contributed by atoms with van der Waals surface area (Å²) in [5.41, 5.74) is 0.227. The zero-order chi connectivity index (χ0) is 19.4. The van der Waals surface area contributed by atoms with Gasteiger partial charge in [-0.3, -0.25) is 9.59 Å². The average molecular weight is 390 g/mol. The molecule has 2 aliphatic heterocycles. The van der Waals surface area contributed by atoms with Crippen LogP contribution in [0.5, 0.6) is 0 Å². The Labute approximate surface area is 158 Å². The molecule has 0 bridgehead atoms. The van der Waals surface area contributed by atoms with Gasteiger partial charge in [0.15, 0.2) is 0 Å². The quantitative estimate of drug-likeness (QED) is 0.785. The normalized spacial score (nSPS) is 20.6. The summed E-state index contributed by atoms with van der Waals surface area (Å²) in [5.74, 6) is -0.472. The average Bonchev–Trinajstić information content (AvgIpc) is 3.20. The van der Waals surface area contributed by atoms with E-state index in [-0.39, 0.29) is 28.8 Å². The molecule has 144 valence electrons. The highest BCUT2D eigenvalue weighted by Gasteiger charge is 2.34. The van der Waals surface area contributed by atoms with Crippen LogP contribution in [0.25, 0.3) is 0 Å².